The number of rotatable bonds is 3. The van der Waals surface area contributed by atoms with Gasteiger partial charge in [-0.15, -0.1) is 0 Å². The fourth-order valence-corrected chi connectivity index (χ4v) is 1.51. The molecule has 0 saturated heterocycles. The molecule has 96 valence electrons. The van der Waals surface area contributed by atoms with Gasteiger partial charge in [0.05, 0.1) is 17.5 Å². The molecule has 0 amide bonds. The van der Waals surface area contributed by atoms with E-state index in [-0.39, 0.29) is 11.6 Å². The van der Waals surface area contributed by atoms with Crippen molar-refractivity contribution in [1.29, 1.82) is 5.26 Å². The van der Waals surface area contributed by atoms with E-state index in [1.165, 1.54) is 18.3 Å². The molecule has 0 aliphatic heterocycles. The van der Waals surface area contributed by atoms with Gasteiger partial charge in [0.2, 0.25) is 0 Å². The van der Waals surface area contributed by atoms with Crippen LogP contribution in [0.4, 0.5) is 4.39 Å². The Morgan fingerprint density at radius 1 is 1.32 bits per heavy atom. The molecule has 2 N–H and O–H groups in total. The van der Waals surface area contributed by atoms with E-state index >= 15 is 0 Å². The van der Waals surface area contributed by atoms with Crippen molar-refractivity contribution in [1.82, 2.24) is 4.98 Å². The lowest BCUT2D eigenvalue weighted by Gasteiger charge is -2.08. The van der Waals surface area contributed by atoms with Gasteiger partial charge >= 0.3 is 0 Å². The molecule has 1 aromatic carbocycles. The molecule has 19 heavy (non-hydrogen) atoms. The SMILES string of the molecule is CC(N)c1ccc(Oc2ccc(C#N)c(F)c2)cn1. The molecule has 0 radical (unpaired) electrons. The summed E-state index contributed by atoms with van der Waals surface area (Å²) in [6, 6.07) is 9.12. The summed E-state index contributed by atoms with van der Waals surface area (Å²) in [4.78, 5) is 4.13. The van der Waals surface area contributed by atoms with E-state index in [0.29, 0.717) is 11.5 Å². The van der Waals surface area contributed by atoms with Crippen LogP contribution in [0.2, 0.25) is 0 Å². The summed E-state index contributed by atoms with van der Waals surface area (Å²) >= 11 is 0. The molecule has 0 aliphatic carbocycles. The lowest BCUT2D eigenvalue weighted by atomic mass is 10.2. The fraction of sp³-hybridized carbons (Fsp3) is 0.143. The van der Waals surface area contributed by atoms with Crippen LogP contribution in [0.5, 0.6) is 11.5 Å². The number of hydrogen-bond donors (Lipinski definition) is 1. The quantitative estimate of drug-likeness (QED) is 0.917. The van der Waals surface area contributed by atoms with Crippen LogP contribution in [0.25, 0.3) is 0 Å². The smallest absolute Gasteiger partial charge is 0.145 e. The summed E-state index contributed by atoms with van der Waals surface area (Å²) in [5, 5.41) is 8.63. The molecule has 1 unspecified atom stereocenters. The summed E-state index contributed by atoms with van der Waals surface area (Å²) in [7, 11) is 0. The molecule has 0 saturated carbocycles. The molecule has 0 spiro atoms. The van der Waals surface area contributed by atoms with Gasteiger partial charge in [-0.1, -0.05) is 0 Å². The van der Waals surface area contributed by atoms with Gasteiger partial charge in [0.15, 0.2) is 0 Å². The van der Waals surface area contributed by atoms with Crippen molar-refractivity contribution in [3.8, 4) is 17.6 Å². The Balaban J connectivity index is 2.17. The van der Waals surface area contributed by atoms with Crippen molar-refractivity contribution < 1.29 is 9.13 Å². The van der Waals surface area contributed by atoms with Crippen LogP contribution in [0.1, 0.15) is 24.2 Å². The van der Waals surface area contributed by atoms with Crippen LogP contribution >= 0.6 is 0 Å². The van der Waals surface area contributed by atoms with Gasteiger partial charge < -0.3 is 10.5 Å². The van der Waals surface area contributed by atoms with Gasteiger partial charge in [0, 0.05) is 12.1 Å². The molecule has 1 heterocycles. The maximum atomic E-state index is 13.4. The monoisotopic (exact) mass is 257 g/mol. The number of aromatic nitrogens is 1. The lowest BCUT2D eigenvalue weighted by Crippen LogP contribution is -2.06. The molecule has 1 atom stereocenters. The van der Waals surface area contributed by atoms with Crippen LogP contribution in [-0.2, 0) is 0 Å². The van der Waals surface area contributed by atoms with E-state index in [2.05, 4.69) is 4.98 Å². The molecule has 1 aromatic heterocycles. The highest BCUT2D eigenvalue weighted by Crippen LogP contribution is 2.23. The Hall–Kier alpha value is -2.45. The molecule has 0 aliphatic rings. The first-order chi connectivity index (χ1) is 9.10. The summed E-state index contributed by atoms with van der Waals surface area (Å²) in [6.07, 6.45) is 1.52. The lowest BCUT2D eigenvalue weighted by molar-refractivity contribution is 0.473. The second-order valence-electron chi connectivity index (χ2n) is 4.06. The number of hydrogen-bond acceptors (Lipinski definition) is 4. The molecular formula is C14H12FN3O. The average molecular weight is 257 g/mol. The van der Waals surface area contributed by atoms with Crippen molar-refractivity contribution in [2.75, 3.05) is 0 Å². The predicted octanol–water partition coefficient (Wildman–Crippen LogP) is 2.90. The summed E-state index contributed by atoms with van der Waals surface area (Å²) in [6.45, 7) is 1.83. The first kappa shape index (κ1) is 13.0. The maximum Gasteiger partial charge on any atom is 0.145 e. The van der Waals surface area contributed by atoms with Crippen molar-refractivity contribution in [3.05, 3.63) is 53.6 Å². The van der Waals surface area contributed by atoms with Gasteiger partial charge in [-0.25, -0.2) is 4.39 Å². The summed E-state index contributed by atoms with van der Waals surface area (Å²) in [5.41, 5.74) is 6.42. The molecular weight excluding hydrogens is 245 g/mol. The van der Waals surface area contributed by atoms with E-state index in [0.717, 1.165) is 11.8 Å². The normalized spacial score (nSPS) is 11.7. The number of ether oxygens (including phenoxy) is 1. The minimum Gasteiger partial charge on any atom is -0.456 e. The second-order valence-corrected chi connectivity index (χ2v) is 4.06. The van der Waals surface area contributed by atoms with Crippen LogP contribution in [0.3, 0.4) is 0 Å². The Labute approximate surface area is 110 Å². The van der Waals surface area contributed by atoms with Crippen molar-refractivity contribution in [2.45, 2.75) is 13.0 Å². The van der Waals surface area contributed by atoms with Crippen LogP contribution in [0.15, 0.2) is 36.5 Å². The first-order valence-corrected chi connectivity index (χ1v) is 5.69. The van der Waals surface area contributed by atoms with Crippen LogP contribution < -0.4 is 10.5 Å². The van der Waals surface area contributed by atoms with E-state index in [9.17, 15) is 4.39 Å². The zero-order valence-corrected chi connectivity index (χ0v) is 10.3. The minimum atomic E-state index is -0.611. The number of benzene rings is 1. The molecule has 2 rings (SSSR count). The topological polar surface area (TPSA) is 71.9 Å². The van der Waals surface area contributed by atoms with Gasteiger partial charge in [-0.3, -0.25) is 4.98 Å². The number of halogens is 1. The highest BCUT2D eigenvalue weighted by atomic mass is 19.1. The third-order valence-corrected chi connectivity index (χ3v) is 2.52. The first-order valence-electron chi connectivity index (χ1n) is 5.69. The maximum absolute atomic E-state index is 13.4. The Morgan fingerprint density at radius 3 is 2.58 bits per heavy atom. The van der Waals surface area contributed by atoms with Gasteiger partial charge in [0.1, 0.15) is 23.4 Å². The zero-order valence-electron chi connectivity index (χ0n) is 10.3. The predicted molar refractivity (Wildman–Crippen MR) is 68.0 cm³/mol. The molecule has 2 aromatic rings. The molecule has 0 bridgehead atoms. The average Bonchev–Trinajstić information content (AvgIpc) is 2.39. The van der Waals surface area contributed by atoms with E-state index in [4.69, 9.17) is 15.7 Å². The minimum absolute atomic E-state index is 0.0159. The molecule has 5 heteroatoms. The number of pyridine rings is 1. The van der Waals surface area contributed by atoms with Gasteiger partial charge in [0.25, 0.3) is 0 Å². The van der Waals surface area contributed by atoms with Crippen molar-refractivity contribution in [3.63, 3.8) is 0 Å². The highest BCUT2D eigenvalue weighted by molar-refractivity contribution is 5.38. The molecule has 0 fully saturated rings. The van der Waals surface area contributed by atoms with E-state index in [1.807, 2.05) is 6.92 Å². The Bertz CT molecular complexity index is 618. The highest BCUT2D eigenvalue weighted by Gasteiger charge is 2.05. The molecule has 4 nitrogen and oxygen atoms in total. The van der Waals surface area contributed by atoms with E-state index in [1.54, 1.807) is 18.2 Å². The number of nitrogens with zero attached hydrogens (tertiary/aromatic N) is 2. The van der Waals surface area contributed by atoms with Crippen molar-refractivity contribution in [2.24, 2.45) is 5.73 Å². The standard InChI is InChI=1S/C14H12FN3O/c1-9(17)14-5-4-12(8-18-14)19-11-3-2-10(7-16)13(15)6-11/h2-6,8-9H,17H2,1H3. The van der Waals surface area contributed by atoms with Crippen LogP contribution in [0, 0.1) is 17.1 Å². The Morgan fingerprint density at radius 2 is 2.05 bits per heavy atom. The third kappa shape index (κ3) is 3.06. The third-order valence-electron chi connectivity index (χ3n) is 2.52. The number of nitriles is 1. The van der Waals surface area contributed by atoms with Gasteiger partial charge in [-0.05, 0) is 31.2 Å². The van der Waals surface area contributed by atoms with Gasteiger partial charge in [-0.2, -0.15) is 5.26 Å². The van der Waals surface area contributed by atoms with E-state index < -0.39 is 5.82 Å². The Kier molecular flexibility index (Phi) is 3.74. The van der Waals surface area contributed by atoms with Crippen LogP contribution in [-0.4, -0.2) is 4.98 Å². The van der Waals surface area contributed by atoms with Crippen molar-refractivity contribution >= 4 is 0 Å². The zero-order chi connectivity index (χ0) is 13.8. The summed E-state index contributed by atoms with van der Waals surface area (Å²) < 4.78 is 18.8. The largest absolute Gasteiger partial charge is 0.456 e. The number of nitrogens with two attached hydrogens (primary N) is 1. The second kappa shape index (κ2) is 5.46. The fourth-order valence-electron chi connectivity index (χ4n) is 1.51. The summed E-state index contributed by atoms with van der Waals surface area (Å²) in [5.74, 6) is 0.181.